The molecule has 0 aliphatic heterocycles. The molecule has 3 aromatic carbocycles. The lowest BCUT2D eigenvalue weighted by Crippen LogP contribution is -2.25. The topological polar surface area (TPSA) is 94.3 Å². The lowest BCUT2D eigenvalue weighted by molar-refractivity contribution is 0.284. The lowest BCUT2D eigenvalue weighted by atomic mass is 9.72. The predicted octanol–water partition coefficient (Wildman–Crippen LogP) is 6.00. The van der Waals surface area contributed by atoms with Crippen molar-refractivity contribution in [1.29, 1.82) is 0 Å². The normalized spacial score (nSPS) is 12.2. The Kier molecular flexibility index (Phi) is 7.43. The summed E-state index contributed by atoms with van der Waals surface area (Å²) in [7, 11) is -4.68. The van der Waals surface area contributed by atoms with Gasteiger partial charge in [-0.2, -0.15) is 8.42 Å². The van der Waals surface area contributed by atoms with E-state index < -0.39 is 10.4 Å². The van der Waals surface area contributed by atoms with Gasteiger partial charge in [0.1, 0.15) is 16.7 Å². The van der Waals surface area contributed by atoms with Crippen molar-refractivity contribution in [3.63, 3.8) is 0 Å². The smallest absolute Gasteiger partial charge is 0.359 e. The van der Waals surface area contributed by atoms with E-state index in [9.17, 15) is 8.42 Å². The molecule has 0 atom stereocenters. The van der Waals surface area contributed by atoms with Gasteiger partial charge >= 0.3 is 10.4 Å². The Morgan fingerprint density at radius 3 is 1.76 bits per heavy atom. The zero-order chi connectivity index (χ0) is 25.0. The molecule has 34 heavy (non-hydrogen) atoms. The highest BCUT2D eigenvalue weighted by Gasteiger charge is 2.29. The summed E-state index contributed by atoms with van der Waals surface area (Å²) in [5.74, 6) is -0.0434. The van der Waals surface area contributed by atoms with Gasteiger partial charge in [0.2, 0.25) is 0 Å². The van der Waals surface area contributed by atoms with Crippen molar-refractivity contribution < 1.29 is 17.2 Å². The van der Waals surface area contributed by atoms with Gasteiger partial charge in [0.05, 0.1) is 0 Å². The Morgan fingerprint density at radius 2 is 1.32 bits per heavy atom. The first kappa shape index (κ1) is 25.4. The second kappa shape index (κ2) is 9.95. The molecule has 180 valence electrons. The van der Waals surface area contributed by atoms with E-state index in [1.807, 2.05) is 66.7 Å². The molecule has 1 aromatic heterocycles. The second-order valence-electron chi connectivity index (χ2n) is 9.95. The van der Waals surface area contributed by atoms with Crippen LogP contribution >= 0.6 is 0 Å². The highest BCUT2D eigenvalue weighted by molar-refractivity contribution is 7.81. The van der Waals surface area contributed by atoms with Gasteiger partial charge < -0.3 is 4.18 Å². The van der Waals surface area contributed by atoms with E-state index in [2.05, 4.69) is 44.8 Å². The summed E-state index contributed by atoms with van der Waals surface area (Å²) in [5, 5.41) is 8.84. The van der Waals surface area contributed by atoms with E-state index in [4.69, 9.17) is 8.74 Å². The summed E-state index contributed by atoms with van der Waals surface area (Å²) < 4.78 is 36.6. The summed E-state index contributed by atoms with van der Waals surface area (Å²) in [5.41, 5.74) is 2.58. The molecule has 0 spiro atoms. The highest BCUT2D eigenvalue weighted by atomic mass is 32.3. The van der Waals surface area contributed by atoms with E-state index in [1.54, 1.807) is 6.07 Å². The van der Waals surface area contributed by atoms with Crippen LogP contribution in [0.4, 0.5) is 0 Å². The second-order valence-corrected chi connectivity index (χ2v) is 11.0. The van der Waals surface area contributed by atoms with Gasteiger partial charge in [0, 0.05) is 0 Å². The zero-order valence-corrected chi connectivity index (χ0v) is 21.0. The first-order valence-electron chi connectivity index (χ1n) is 11.0. The van der Waals surface area contributed by atoms with Crippen LogP contribution in [0.3, 0.4) is 0 Å². The third-order valence-corrected chi connectivity index (χ3v) is 5.47. The molecule has 0 saturated carbocycles. The molecule has 0 aliphatic carbocycles. The maximum Gasteiger partial charge on any atom is 0.446 e. The minimum absolute atomic E-state index is 0.0434. The SMILES string of the molecule is CC(C)(C)CC(C)(C)c1ccc(OS(=O)(=O)O)c(-n2nc3ccccc3n2)c1.c1ccccc1. The number of rotatable bonds is 5. The van der Waals surface area contributed by atoms with Crippen molar-refractivity contribution in [2.24, 2.45) is 5.41 Å². The van der Waals surface area contributed by atoms with Crippen molar-refractivity contribution in [1.82, 2.24) is 15.0 Å². The van der Waals surface area contributed by atoms with Crippen LogP contribution in [0.5, 0.6) is 5.75 Å². The summed E-state index contributed by atoms with van der Waals surface area (Å²) in [6, 6.07) is 24.5. The number of hydrogen-bond acceptors (Lipinski definition) is 5. The molecule has 1 heterocycles. The van der Waals surface area contributed by atoms with Gasteiger partial charge in [-0.1, -0.05) is 89.2 Å². The fourth-order valence-corrected chi connectivity index (χ4v) is 4.43. The third-order valence-electron chi connectivity index (χ3n) is 5.08. The van der Waals surface area contributed by atoms with E-state index in [0.717, 1.165) is 12.0 Å². The van der Waals surface area contributed by atoms with Crippen molar-refractivity contribution in [3.8, 4) is 11.4 Å². The Bertz CT molecular complexity index is 1280. The van der Waals surface area contributed by atoms with Crippen LogP contribution in [0.2, 0.25) is 0 Å². The van der Waals surface area contributed by atoms with Crippen LogP contribution in [0.25, 0.3) is 16.7 Å². The van der Waals surface area contributed by atoms with Crippen molar-refractivity contribution >= 4 is 21.4 Å². The quantitative estimate of drug-likeness (QED) is 0.351. The number of nitrogens with zero attached hydrogens (tertiary/aromatic N) is 3. The van der Waals surface area contributed by atoms with E-state index in [0.29, 0.717) is 16.7 Å². The molecule has 8 heteroatoms. The summed E-state index contributed by atoms with van der Waals surface area (Å²) in [4.78, 5) is 1.34. The summed E-state index contributed by atoms with van der Waals surface area (Å²) in [6.07, 6.45) is 0.909. The zero-order valence-electron chi connectivity index (χ0n) is 20.1. The van der Waals surface area contributed by atoms with Crippen LogP contribution in [-0.4, -0.2) is 28.0 Å². The van der Waals surface area contributed by atoms with Gasteiger partial charge in [-0.3, -0.25) is 4.55 Å². The van der Waals surface area contributed by atoms with Crippen LogP contribution in [-0.2, 0) is 15.8 Å². The molecule has 0 fully saturated rings. The monoisotopic (exact) mass is 481 g/mol. The number of benzene rings is 3. The first-order chi connectivity index (χ1) is 15.8. The molecule has 0 unspecified atom stereocenters. The Labute approximate surface area is 201 Å². The van der Waals surface area contributed by atoms with Crippen molar-refractivity contribution in [2.75, 3.05) is 0 Å². The maximum absolute atomic E-state index is 11.3. The standard InChI is InChI=1S/C20H25N3O4S.C6H6/c1-19(2,3)13-20(4,5)14-10-11-18(27-28(24,25)26)17(12-14)23-21-15-8-6-7-9-16(15)22-23;1-2-4-6-5-3-1/h6-12H,13H2,1-5H3,(H,24,25,26);1-6H. The summed E-state index contributed by atoms with van der Waals surface area (Å²) in [6.45, 7) is 10.8. The highest BCUT2D eigenvalue weighted by Crippen LogP contribution is 2.38. The van der Waals surface area contributed by atoms with Crippen LogP contribution < -0.4 is 4.18 Å². The van der Waals surface area contributed by atoms with Crippen LogP contribution in [0.15, 0.2) is 78.9 Å². The molecule has 0 amide bonds. The minimum atomic E-state index is -4.68. The average Bonchev–Trinajstić information content (AvgIpc) is 3.17. The van der Waals surface area contributed by atoms with Crippen molar-refractivity contribution in [3.05, 3.63) is 84.4 Å². The van der Waals surface area contributed by atoms with Gasteiger partial charge in [0.15, 0.2) is 5.75 Å². The van der Waals surface area contributed by atoms with Gasteiger partial charge in [-0.15, -0.1) is 15.0 Å². The Balaban J connectivity index is 0.000000469. The fraction of sp³-hybridized carbons (Fsp3) is 0.308. The first-order valence-corrected chi connectivity index (χ1v) is 12.3. The molecular formula is C26H31N3O4S. The molecule has 0 saturated heterocycles. The molecule has 4 aromatic rings. The number of aromatic nitrogens is 3. The van der Waals surface area contributed by atoms with E-state index in [-0.39, 0.29) is 16.6 Å². The molecule has 7 nitrogen and oxygen atoms in total. The van der Waals surface area contributed by atoms with Crippen LogP contribution in [0, 0.1) is 5.41 Å². The third kappa shape index (κ3) is 7.13. The van der Waals surface area contributed by atoms with Gasteiger partial charge in [0.25, 0.3) is 0 Å². The average molecular weight is 482 g/mol. The molecule has 4 rings (SSSR count). The van der Waals surface area contributed by atoms with Gasteiger partial charge in [-0.25, -0.2) is 0 Å². The molecule has 1 N–H and O–H groups in total. The largest absolute Gasteiger partial charge is 0.446 e. The van der Waals surface area contributed by atoms with Gasteiger partial charge in [-0.05, 0) is 47.1 Å². The Morgan fingerprint density at radius 1 is 0.824 bits per heavy atom. The Hall–Kier alpha value is -3.23. The molecule has 0 bridgehead atoms. The van der Waals surface area contributed by atoms with E-state index >= 15 is 0 Å². The van der Waals surface area contributed by atoms with Crippen LogP contribution in [0.1, 0.15) is 46.6 Å². The summed E-state index contributed by atoms with van der Waals surface area (Å²) >= 11 is 0. The number of hydrogen-bond donors (Lipinski definition) is 1. The van der Waals surface area contributed by atoms with E-state index in [1.165, 1.54) is 10.9 Å². The fourth-order valence-electron chi connectivity index (χ4n) is 4.06. The predicted molar refractivity (Wildman–Crippen MR) is 135 cm³/mol. The number of fused-ring (bicyclic) bond motifs is 1. The van der Waals surface area contributed by atoms with Crippen molar-refractivity contribution in [2.45, 2.75) is 46.5 Å². The molecule has 0 radical (unpaired) electrons. The minimum Gasteiger partial charge on any atom is -0.359 e. The lowest BCUT2D eigenvalue weighted by Gasteiger charge is -2.33. The maximum atomic E-state index is 11.3. The molecule has 0 aliphatic rings. The molecular weight excluding hydrogens is 450 g/mol.